The third kappa shape index (κ3) is 5.18. The highest BCUT2D eigenvalue weighted by atomic mass is 35.5. The molecule has 0 aliphatic carbocycles. The van der Waals surface area contributed by atoms with E-state index in [0.29, 0.717) is 17.1 Å². The van der Waals surface area contributed by atoms with Gasteiger partial charge in [-0.25, -0.2) is 0 Å². The van der Waals surface area contributed by atoms with E-state index in [1.807, 2.05) is 30.3 Å². The normalized spacial score (nSPS) is 16.5. The lowest BCUT2D eigenvalue weighted by molar-refractivity contribution is -0.133. The molecule has 6 nitrogen and oxygen atoms in total. The van der Waals surface area contributed by atoms with Crippen LogP contribution in [0.25, 0.3) is 0 Å². The molecule has 3 amide bonds. The van der Waals surface area contributed by atoms with Gasteiger partial charge in [0.05, 0.1) is 16.5 Å². The number of nitrogens with one attached hydrogen (secondary N) is 2. The summed E-state index contributed by atoms with van der Waals surface area (Å²) in [5.41, 5.74) is 1.38. The number of benzene rings is 2. The molecular weight excluding hydrogens is 386 g/mol. The van der Waals surface area contributed by atoms with Gasteiger partial charge >= 0.3 is 0 Å². The molecule has 0 bridgehead atoms. The highest BCUT2D eigenvalue weighted by Gasteiger charge is 2.32. The molecule has 1 heterocycles. The molecule has 0 aromatic heterocycles. The van der Waals surface area contributed by atoms with Crippen LogP contribution < -0.4 is 10.6 Å². The van der Waals surface area contributed by atoms with Gasteiger partial charge in [0.25, 0.3) is 5.91 Å². The Bertz CT molecular complexity index is 902. The van der Waals surface area contributed by atoms with Crippen LogP contribution in [0.15, 0.2) is 59.6 Å². The van der Waals surface area contributed by atoms with Crippen molar-refractivity contribution in [2.75, 3.05) is 11.1 Å². The minimum Gasteiger partial charge on any atom is -0.324 e. The molecule has 1 atom stereocenters. The zero-order valence-electron chi connectivity index (χ0n) is 14.1. The summed E-state index contributed by atoms with van der Waals surface area (Å²) < 4.78 is 0. The Balaban J connectivity index is 1.56. The summed E-state index contributed by atoms with van der Waals surface area (Å²) in [6.45, 7) is 0. The Labute approximate surface area is 165 Å². The smallest absolute Gasteiger partial charge is 0.261 e. The van der Waals surface area contributed by atoms with Gasteiger partial charge in [-0.1, -0.05) is 65.8 Å². The largest absolute Gasteiger partial charge is 0.324 e. The second kappa shape index (κ2) is 8.83. The minimum atomic E-state index is -0.853. The molecule has 1 aliphatic rings. The molecule has 2 aromatic rings. The van der Waals surface area contributed by atoms with E-state index in [0.717, 1.165) is 17.3 Å². The molecule has 1 aliphatic heterocycles. The lowest BCUT2D eigenvalue weighted by Gasteiger charge is -2.19. The summed E-state index contributed by atoms with van der Waals surface area (Å²) in [6.07, 6.45) is 0.292. The third-order valence-electron chi connectivity index (χ3n) is 3.83. The van der Waals surface area contributed by atoms with Crippen molar-refractivity contribution in [1.29, 1.82) is 0 Å². The molecule has 3 rings (SSSR count). The van der Waals surface area contributed by atoms with E-state index in [-0.39, 0.29) is 16.8 Å². The Hall–Kier alpha value is -2.64. The van der Waals surface area contributed by atoms with Crippen LogP contribution in [-0.4, -0.2) is 28.6 Å². The van der Waals surface area contributed by atoms with Gasteiger partial charge in [0.2, 0.25) is 11.8 Å². The number of hydrogen-bond donors (Lipinski definition) is 2. The number of carbonyl (C=O) groups excluding carboxylic acids is 3. The average Bonchev–Trinajstić information content (AvgIpc) is 2.66. The molecule has 0 saturated heterocycles. The maximum atomic E-state index is 12.3. The predicted octanol–water partition coefficient (Wildman–Crippen LogP) is 2.88. The van der Waals surface area contributed by atoms with Crippen LogP contribution in [0.5, 0.6) is 0 Å². The van der Waals surface area contributed by atoms with Crippen molar-refractivity contribution in [3.05, 3.63) is 65.2 Å². The Morgan fingerprint density at radius 2 is 1.81 bits per heavy atom. The van der Waals surface area contributed by atoms with Gasteiger partial charge in [-0.3, -0.25) is 14.4 Å². The van der Waals surface area contributed by atoms with Crippen LogP contribution in [0.3, 0.4) is 0 Å². The van der Waals surface area contributed by atoms with Crippen LogP contribution in [0.4, 0.5) is 5.69 Å². The fraction of sp³-hybridized carbons (Fsp3) is 0.158. The van der Waals surface area contributed by atoms with Crippen LogP contribution in [0, 0.1) is 5.92 Å². The lowest BCUT2D eigenvalue weighted by atomic mass is 9.97. The number of thioether (sulfide) groups is 1. The third-order valence-corrected chi connectivity index (χ3v) is 5.03. The standard InChI is InChI=1S/C19H16ClN3O3S/c20-14-8-4-5-9-15(14)21-16(24)11-27-19-22-17(25)13(18(26)23-19)10-12-6-2-1-3-7-12/h1-9,13H,10-11H2,(H,21,24)(H,22,23,25,26). The number of nitrogens with zero attached hydrogens (tertiary/aromatic N) is 1. The number of aliphatic imine (C=N–C) groups is 1. The number of amidine groups is 1. The van der Waals surface area contributed by atoms with Crippen LogP contribution in [0.2, 0.25) is 5.02 Å². The molecular formula is C19H16ClN3O3S. The molecule has 1 unspecified atom stereocenters. The first kappa shape index (κ1) is 19.1. The van der Waals surface area contributed by atoms with Crippen molar-refractivity contribution in [3.63, 3.8) is 0 Å². The predicted molar refractivity (Wildman–Crippen MR) is 107 cm³/mol. The van der Waals surface area contributed by atoms with Crippen LogP contribution in [0.1, 0.15) is 5.56 Å². The van der Waals surface area contributed by atoms with E-state index in [1.165, 1.54) is 0 Å². The van der Waals surface area contributed by atoms with Gasteiger partial charge in [0.1, 0.15) is 5.92 Å². The highest BCUT2D eigenvalue weighted by molar-refractivity contribution is 8.14. The second-order valence-corrected chi connectivity index (χ2v) is 7.17. The summed E-state index contributed by atoms with van der Waals surface area (Å²) in [4.78, 5) is 40.4. The average molecular weight is 402 g/mol. The van der Waals surface area contributed by atoms with Gasteiger partial charge in [0.15, 0.2) is 5.17 Å². The molecule has 2 N–H and O–H groups in total. The van der Waals surface area contributed by atoms with Gasteiger partial charge in [-0.15, -0.1) is 0 Å². The number of anilines is 1. The van der Waals surface area contributed by atoms with Gasteiger partial charge < -0.3 is 10.6 Å². The lowest BCUT2D eigenvalue weighted by Crippen LogP contribution is -2.44. The first-order valence-electron chi connectivity index (χ1n) is 8.17. The van der Waals surface area contributed by atoms with E-state index >= 15 is 0 Å². The van der Waals surface area contributed by atoms with E-state index < -0.39 is 17.7 Å². The summed E-state index contributed by atoms with van der Waals surface area (Å²) in [5.74, 6) is -2.09. The number of carbonyl (C=O) groups is 3. The summed E-state index contributed by atoms with van der Waals surface area (Å²) in [7, 11) is 0. The quantitative estimate of drug-likeness (QED) is 0.754. The molecule has 0 radical (unpaired) electrons. The van der Waals surface area contributed by atoms with Gasteiger partial charge in [-0.05, 0) is 24.1 Å². The van der Waals surface area contributed by atoms with Gasteiger partial charge in [0, 0.05) is 0 Å². The fourth-order valence-corrected chi connectivity index (χ4v) is 3.34. The molecule has 0 fully saturated rings. The van der Waals surface area contributed by atoms with E-state index in [4.69, 9.17) is 11.6 Å². The first-order chi connectivity index (χ1) is 13.0. The second-order valence-electron chi connectivity index (χ2n) is 5.80. The van der Waals surface area contributed by atoms with Crippen molar-refractivity contribution in [1.82, 2.24) is 5.32 Å². The monoisotopic (exact) mass is 401 g/mol. The maximum absolute atomic E-state index is 12.3. The zero-order chi connectivity index (χ0) is 19.2. The Morgan fingerprint density at radius 1 is 1.11 bits per heavy atom. The Morgan fingerprint density at radius 3 is 2.52 bits per heavy atom. The molecule has 138 valence electrons. The minimum absolute atomic E-state index is 0.0129. The van der Waals surface area contributed by atoms with E-state index in [2.05, 4.69) is 15.6 Å². The Kier molecular flexibility index (Phi) is 6.26. The van der Waals surface area contributed by atoms with Gasteiger partial charge in [-0.2, -0.15) is 4.99 Å². The first-order valence-corrected chi connectivity index (χ1v) is 9.54. The number of rotatable bonds is 5. The summed E-state index contributed by atoms with van der Waals surface area (Å²) >= 11 is 6.98. The van der Waals surface area contributed by atoms with Crippen molar-refractivity contribution >= 4 is 51.9 Å². The van der Waals surface area contributed by atoms with Crippen molar-refractivity contribution in [3.8, 4) is 0 Å². The topological polar surface area (TPSA) is 87.6 Å². The maximum Gasteiger partial charge on any atom is 0.261 e. The summed E-state index contributed by atoms with van der Waals surface area (Å²) in [6, 6.07) is 16.1. The SMILES string of the molecule is O=C(CSC1=NC(=O)C(Cc2ccccc2)C(=O)N1)Nc1ccccc1Cl. The number of hydrogen-bond acceptors (Lipinski definition) is 4. The van der Waals surface area contributed by atoms with Crippen molar-refractivity contribution in [2.24, 2.45) is 10.9 Å². The zero-order valence-corrected chi connectivity index (χ0v) is 15.7. The molecule has 0 spiro atoms. The molecule has 27 heavy (non-hydrogen) atoms. The van der Waals surface area contributed by atoms with Crippen LogP contribution >= 0.6 is 23.4 Å². The molecule has 8 heteroatoms. The highest BCUT2D eigenvalue weighted by Crippen LogP contribution is 2.21. The molecule has 0 saturated carbocycles. The number of para-hydroxylation sites is 1. The molecule has 2 aromatic carbocycles. The van der Waals surface area contributed by atoms with Crippen molar-refractivity contribution in [2.45, 2.75) is 6.42 Å². The number of amides is 3. The van der Waals surface area contributed by atoms with E-state index in [9.17, 15) is 14.4 Å². The van der Waals surface area contributed by atoms with Crippen LogP contribution in [-0.2, 0) is 20.8 Å². The number of halogens is 1. The summed E-state index contributed by atoms with van der Waals surface area (Å²) in [5, 5.41) is 5.82. The van der Waals surface area contributed by atoms with Crippen molar-refractivity contribution < 1.29 is 14.4 Å². The van der Waals surface area contributed by atoms with E-state index in [1.54, 1.807) is 24.3 Å². The fourth-order valence-electron chi connectivity index (χ4n) is 2.49.